The molecule has 3 N–H and O–H groups in total. The van der Waals surface area contributed by atoms with Gasteiger partial charge in [0, 0.05) is 6.20 Å². The molecule has 0 aliphatic carbocycles. The molecule has 0 aliphatic rings. The molecule has 1 rings (SSSR count). The van der Waals surface area contributed by atoms with Crippen LogP contribution in [-0.4, -0.2) is 11.3 Å². The minimum Gasteiger partial charge on any atom is -0.391 e. The SMILES string of the molecule is N#Cc1c[nH]c(OC(F)(F)F)c(N)c1=O. The summed E-state index contributed by atoms with van der Waals surface area (Å²) in [6.07, 6.45) is -4.16. The van der Waals surface area contributed by atoms with E-state index in [1.165, 1.54) is 6.07 Å². The summed E-state index contributed by atoms with van der Waals surface area (Å²) >= 11 is 0. The van der Waals surface area contributed by atoms with Crippen molar-refractivity contribution in [3.05, 3.63) is 22.0 Å². The maximum atomic E-state index is 11.8. The van der Waals surface area contributed by atoms with Crippen molar-refractivity contribution in [1.29, 1.82) is 5.26 Å². The highest BCUT2D eigenvalue weighted by Crippen LogP contribution is 2.23. The second-order valence-corrected chi connectivity index (χ2v) is 2.43. The first-order valence-corrected chi connectivity index (χ1v) is 3.52. The van der Waals surface area contributed by atoms with Crippen molar-refractivity contribution in [2.24, 2.45) is 0 Å². The van der Waals surface area contributed by atoms with Crippen LogP contribution in [-0.2, 0) is 0 Å². The number of hydrogen-bond acceptors (Lipinski definition) is 4. The summed E-state index contributed by atoms with van der Waals surface area (Å²) in [5.41, 5.74) is 2.87. The second kappa shape index (κ2) is 3.53. The van der Waals surface area contributed by atoms with Gasteiger partial charge in [-0.3, -0.25) is 4.79 Å². The Hall–Kier alpha value is -2.17. The van der Waals surface area contributed by atoms with Crippen molar-refractivity contribution >= 4 is 5.69 Å². The maximum Gasteiger partial charge on any atom is 0.574 e. The van der Waals surface area contributed by atoms with E-state index in [9.17, 15) is 18.0 Å². The van der Waals surface area contributed by atoms with Crippen LogP contribution < -0.4 is 15.9 Å². The molecule has 0 saturated heterocycles. The van der Waals surface area contributed by atoms with E-state index in [2.05, 4.69) is 4.74 Å². The molecule has 0 amide bonds. The highest BCUT2D eigenvalue weighted by atomic mass is 19.4. The molecular formula is C7H4F3N3O2. The Labute approximate surface area is 80.9 Å². The largest absolute Gasteiger partial charge is 0.574 e. The van der Waals surface area contributed by atoms with Crippen LogP contribution in [0.2, 0.25) is 0 Å². The quantitative estimate of drug-likeness (QED) is 0.728. The summed E-state index contributed by atoms with van der Waals surface area (Å²) in [7, 11) is 0. The lowest BCUT2D eigenvalue weighted by Crippen LogP contribution is -2.22. The Bertz CT molecular complexity index is 472. The summed E-state index contributed by atoms with van der Waals surface area (Å²) in [5, 5.41) is 8.38. The number of aromatic nitrogens is 1. The molecule has 0 aliphatic heterocycles. The van der Waals surface area contributed by atoms with Crippen LogP contribution in [0.4, 0.5) is 18.9 Å². The van der Waals surface area contributed by atoms with E-state index in [4.69, 9.17) is 11.0 Å². The number of alkyl halides is 3. The van der Waals surface area contributed by atoms with Gasteiger partial charge in [0.15, 0.2) is 0 Å². The zero-order valence-corrected chi connectivity index (χ0v) is 7.05. The van der Waals surface area contributed by atoms with Gasteiger partial charge in [-0.2, -0.15) is 5.26 Å². The molecule has 0 saturated carbocycles. The Balaban J connectivity index is 3.21. The van der Waals surface area contributed by atoms with E-state index in [-0.39, 0.29) is 5.56 Å². The summed E-state index contributed by atoms with van der Waals surface area (Å²) in [6.45, 7) is 0. The van der Waals surface area contributed by atoms with E-state index in [1.807, 2.05) is 4.98 Å². The van der Waals surface area contributed by atoms with Crippen LogP contribution in [0.3, 0.4) is 0 Å². The van der Waals surface area contributed by atoms with Gasteiger partial charge < -0.3 is 15.5 Å². The molecule has 0 fully saturated rings. The number of halogens is 3. The number of nitrogen functional groups attached to an aromatic ring is 1. The molecule has 0 aromatic carbocycles. The van der Waals surface area contributed by atoms with Crippen LogP contribution in [0.25, 0.3) is 0 Å². The number of nitriles is 1. The Morgan fingerprint density at radius 3 is 2.60 bits per heavy atom. The van der Waals surface area contributed by atoms with Crippen LogP contribution in [0, 0.1) is 11.3 Å². The number of nitrogens with two attached hydrogens (primary N) is 1. The molecule has 0 unspecified atom stereocenters. The lowest BCUT2D eigenvalue weighted by molar-refractivity contribution is -0.275. The van der Waals surface area contributed by atoms with E-state index in [1.54, 1.807) is 0 Å². The first-order valence-electron chi connectivity index (χ1n) is 3.52. The molecule has 0 radical (unpaired) electrons. The first-order chi connectivity index (χ1) is 6.85. The minimum atomic E-state index is -4.95. The third kappa shape index (κ3) is 2.40. The topological polar surface area (TPSA) is 91.9 Å². The number of hydrogen-bond donors (Lipinski definition) is 2. The van der Waals surface area contributed by atoms with E-state index in [0.29, 0.717) is 0 Å². The van der Waals surface area contributed by atoms with Gasteiger partial charge in [-0.15, -0.1) is 13.2 Å². The molecule has 80 valence electrons. The van der Waals surface area contributed by atoms with Crippen LogP contribution >= 0.6 is 0 Å². The average Bonchev–Trinajstić information content (AvgIpc) is 2.11. The van der Waals surface area contributed by atoms with Crippen molar-refractivity contribution in [2.45, 2.75) is 6.36 Å². The number of H-pyrrole nitrogens is 1. The van der Waals surface area contributed by atoms with Crippen molar-refractivity contribution in [3.63, 3.8) is 0 Å². The number of aromatic amines is 1. The van der Waals surface area contributed by atoms with Crippen molar-refractivity contribution in [3.8, 4) is 11.9 Å². The molecule has 0 atom stereocenters. The van der Waals surface area contributed by atoms with Gasteiger partial charge in [0.1, 0.15) is 17.3 Å². The fourth-order valence-corrected chi connectivity index (χ4v) is 0.812. The number of anilines is 1. The van der Waals surface area contributed by atoms with Gasteiger partial charge in [0.2, 0.25) is 11.3 Å². The molecule has 1 aromatic heterocycles. The number of nitrogens with one attached hydrogen (secondary N) is 1. The fourth-order valence-electron chi connectivity index (χ4n) is 0.812. The Kier molecular flexibility index (Phi) is 2.57. The van der Waals surface area contributed by atoms with Crippen LogP contribution in [0.1, 0.15) is 5.56 Å². The lowest BCUT2D eigenvalue weighted by atomic mass is 10.3. The predicted molar refractivity (Wildman–Crippen MR) is 42.9 cm³/mol. The smallest absolute Gasteiger partial charge is 0.391 e. The summed E-state index contributed by atoms with van der Waals surface area (Å²) in [6, 6.07) is 1.47. The zero-order valence-electron chi connectivity index (χ0n) is 7.05. The maximum absolute atomic E-state index is 11.8. The molecule has 15 heavy (non-hydrogen) atoms. The number of rotatable bonds is 1. The zero-order chi connectivity index (χ0) is 11.6. The Morgan fingerprint density at radius 2 is 2.13 bits per heavy atom. The second-order valence-electron chi connectivity index (χ2n) is 2.43. The molecule has 1 aromatic rings. The highest BCUT2D eigenvalue weighted by Gasteiger charge is 2.33. The van der Waals surface area contributed by atoms with Gasteiger partial charge in [-0.05, 0) is 0 Å². The number of pyridine rings is 1. The van der Waals surface area contributed by atoms with Gasteiger partial charge in [0.25, 0.3) is 0 Å². The van der Waals surface area contributed by atoms with E-state index >= 15 is 0 Å². The molecular weight excluding hydrogens is 215 g/mol. The van der Waals surface area contributed by atoms with Crippen LogP contribution in [0.5, 0.6) is 5.88 Å². The standard InChI is InChI=1S/C7H4F3N3O2/c8-7(9,10)15-6-4(12)5(14)3(1-11)2-13-6/h2H,12H2,(H,13,14). The molecule has 0 spiro atoms. The highest BCUT2D eigenvalue weighted by molar-refractivity contribution is 5.51. The summed E-state index contributed by atoms with van der Waals surface area (Å²) in [4.78, 5) is 13.1. The molecule has 1 heterocycles. The normalized spacial score (nSPS) is 10.8. The van der Waals surface area contributed by atoms with Gasteiger partial charge in [-0.25, -0.2) is 0 Å². The monoisotopic (exact) mass is 219 g/mol. The van der Waals surface area contributed by atoms with E-state index in [0.717, 1.165) is 6.20 Å². The average molecular weight is 219 g/mol. The predicted octanol–water partition coefficient (Wildman–Crippen LogP) is 0.727. The van der Waals surface area contributed by atoms with Crippen molar-refractivity contribution in [2.75, 3.05) is 5.73 Å². The molecule has 5 nitrogen and oxygen atoms in total. The minimum absolute atomic E-state index is 0.387. The van der Waals surface area contributed by atoms with Crippen molar-refractivity contribution < 1.29 is 17.9 Å². The van der Waals surface area contributed by atoms with Crippen molar-refractivity contribution in [1.82, 2.24) is 4.98 Å². The number of nitrogens with zero attached hydrogens (tertiary/aromatic N) is 1. The Morgan fingerprint density at radius 1 is 1.53 bits per heavy atom. The lowest BCUT2D eigenvalue weighted by Gasteiger charge is -2.09. The van der Waals surface area contributed by atoms with Gasteiger partial charge in [0.05, 0.1) is 0 Å². The third-order valence-electron chi connectivity index (χ3n) is 1.42. The fraction of sp³-hybridized carbons (Fsp3) is 0.143. The summed E-state index contributed by atoms with van der Waals surface area (Å²) in [5.74, 6) is -0.925. The number of ether oxygens (including phenoxy) is 1. The molecule has 8 heteroatoms. The summed E-state index contributed by atoms with van der Waals surface area (Å²) < 4.78 is 38.7. The molecule has 0 bridgehead atoms. The first kappa shape index (κ1) is 10.9. The van der Waals surface area contributed by atoms with E-state index < -0.39 is 23.4 Å². The van der Waals surface area contributed by atoms with Gasteiger partial charge in [-0.1, -0.05) is 0 Å². The third-order valence-corrected chi connectivity index (χ3v) is 1.42. The van der Waals surface area contributed by atoms with Gasteiger partial charge >= 0.3 is 6.36 Å². The van der Waals surface area contributed by atoms with Crippen LogP contribution in [0.15, 0.2) is 11.0 Å².